The number of amidine groups is 1. The van der Waals surface area contributed by atoms with Gasteiger partial charge in [0.15, 0.2) is 17.6 Å². The topological polar surface area (TPSA) is 124 Å². The number of rotatable bonds is 5. The Bertz CT molecular complexity index is 1090. The molecule has 1 aromatic rings. The van der Waals surface area contributed by atoms with Crippen LogP contribution in [0.4, 0.5) is 0 Å². The number of carbonyl (C=O) groups is 2. The molecule has 1 atom stereocenters. The van der Waals surface area contributed by atoms with Gasteiger partial charge in [0.25, 0.3) is 15.9 Å². The molecule has 1 N–H and O–H groups in total. The monoisotopic (exact) mass is 433 g/mol. The highest BCUT2D eigenvalue weighted by atomic mass is 32.2. The van der Waals surface area contributed by atoms with Gasteiger partial charge in [-0.3, -0.25) is 4.79 Å². The van der Waals surface area contributed by atoms with Crippen LogP contribution < -0.4 is 14.8 Å². The highest BCUT2D eigenvalue weighted by molar-refractivity contribution is 7.90. The minimum atomic E-state index is -3.47. The quantitative estimate of drug-likeness (QED) is 0.665. The van der Waals surface area contributed by atoms with Crippen molar-refractivity contribution in [2.24, 2.45) is 4.40 Å². The Balaban J connectivity index is 1.32. The van der Waals surface area contributed by atoms with E-state index in [9.17, 15) is 18.0 Å². The van der Waals surface area contributed by atoms with Crippen LogP contribution >= 0.6 is 0 Å². The minimum absolute atomic E-state index is 0.137. The predicted octanol–water partition coefficient (Wildman–Crippen LogP) is 0.461. The first-order valence-electron chi connectivity index (χ1n) is 9.17. The van der Waals surface area contributed by atoms with E-state index < -0.39 is 28.0 Å². The number of ether oxygens (including phenoxy) is 3. The summed E-state index contributed by atoms with van der Waals surface area (Å²) in [5, 5.41) is 2.71. The number of amides is 1. The molecule has 1 aromatic carbocycles. The minimum Gasteiger partial charge on any atom is -0.454 e. The van der Waals surface area contributed by atoms with Gasteiger partial charge in [0.2, 0.25) is 6.79 Å². The van der Waals surface area contributed by atoms with Gasteiger partial charge in [-0.05, 0) is 36.8 Å². The number of benzene rings is 1. The van der Waals surface area contributed by atoms with E-state index in [4.69, 9.17) is 14.2 Å². The van der Waals surface area contributed by atoms with Gasteiger partial charge >= 0.3 is 5.97 Å². The molecule has 3 aliphatic heterocycles. The summed E-state index contributed by atoms with van der Waals surface area (Å²) in [6.07, 6.45) is 3.29. The highest BCUT2D eigenvalue weighted by Crippen LogP contribution is 2.32. The van der Waals surface area contributed by atoms with E-state index in [1.54, 1.807) is 23.1 Å². The molecular formula is C19H19N3O7S. The van der Waals surface area contributed by atoms with Crippen molar-refractivity contribution >= 4 is 27.7 Å². The number of fused-ring (bicyclic) bond motifs is 2. The van der Waals surface area contributed by atoms with E-state index in [0.29, 0.717) is 11.5 Å². The average molecular weight is 433 g/mol. The van der Waals surface area contributed by atoms with Crippen molar-refractivity contribution in [1.29, 1.82) is 0 Å². The smallest absolute Gasteiger partial charge is 0.340 e. The van der Waals surface area contributed by atoms with Gasteiger partial charge in [-0.15, -0.1) is 4.40 Å². The van der Waals surface area contributed by atoms with Crippen molar-refractivity contribution in [2.45, 2.75) is 19.6 Å². The van der Waals surface area contributed by atoms with Crippen molar-refractivity contribution in [3.8, 4) is 11.5 Å². The average Bonchev–Trinajstić information content (AvgIpc) is 3.18. The number of esters is 1. The molecule has 0 aliphatic carbocycles. The molecular weight excluding hydrogens is 414 g/mol. The van der Waals surface area contributed by atoms with Crippen molar-refractivity contribution in [3.05, 3.63) is 47.7 Å². The van der Waals surface area contributed by atoms with E-state index in [-0.39, 0.29) is 37.0 Å². The molecule has 11 heteroatoms. The summed E-state index contributed by atoms with van der Waals surface area (Å²) in [4.78, 5) is 26.2. The molecule has 0 unspecified atom stereocenters. The number of hydrogen-bond donors (Lipinski definition) is 1. The zero-order valence-corrected chi connectivity index (χ0v) is 16.8. The van der Waals surface area contributed by atoms with Gasteiger partial charge in [0.05, 0.1) is 11.3 Å². The first-order chi connectivity index (χ1) is 14.3. The molecule has 3 heterocycles. The maximum Gasteiger partial charge on any atom is 0.340 e. The van der Waals surface area contributed by atoms with Crippen LogP contribution in [0.1, 0.15) is 12.5 Å². The highest BCUT2D eigenvalue weighted by Gasteiger charge is 2.27. The predicted molar refractivity (Wildman–Crippen MR) is 105 cm³/mol. The number of nitrogens with one attached hydrogen (secondary N) is 1. The van der Waals surface area contributed by atoms with Crippen LogP contribution in [0.5, 0.6) is 11.5 Å². The standard InChI is InChI=1S/C19H19N3O7S/c1-12(18(23)20-9-13-2-4-15-16(8-13)28-11-27-15)29-19(24)14-3-5-17-21-30(25,26)7-6-22(17)10-14/h2-5,8,10,12H,6-7,9,11H2,1H3,(H,20,23)/t12-/m1/s1. The lowest BCUT2D eigenvalue weighted by Gasteiger charge is -2.27. The van der Waals surface area contributed by atoms with Crippen LogP contribution in [0.15, 0.2) is 46.5 Å². The fraction of sp³-hybridized carbons (Fsp3) is 0.316. The van der Waals surface area contributed by atoms with E-state index in [1.807, 2.05) is 0 Å². The molecule has 0 fully saturated rings. The summed E-state index contributed by atoms with van der Waals surface area (Å²) >= 11 is 0. The van der Waals surface area contributed by atoms with Gasteiger partial charge in [0.1, 0.15) is 5.84 Å². The lowest BCUT2D eigenvalue weighted by molar-refractivity contribution is -0.151. The SMILES string of the molecule is C[C@@H](OC(=O)C1=CN2CCS(=O)(=O)N=C2C=C1)C(=O)NCc1ccc2c(c1)OCO2. The van der Waals surface area contributed by atoms with Crippen molar-refractivity contribution in [3.63, 3.8) is 0 Å². The van der Waals surface area contributed by atoms with Crippen molar-refractivity contribution in [2.75, 3.05) is 19.1 Å². The number of carbonyl (C=O) groups excluding carboxylic acids is 2. The molecule has 4 rings (SSSR count). The molecule has 1 amide bonds. The molecule has 158 valence electrons. The Morgan fingerprint density at radius 3 is 2.90 bits per heavy atom. The fourth-order valence-electron chi connectivity index (χ4n) is 2.99. The second-order valence-corrected chi connectivity index (χ2v) is 8.55. The van der Waals surface area contributed by atoms with E-state index in [1.165, 1.54) is 25.3 Å². The molecule has 0 saturated carbocycles. The molecule has 0 radical (unpaired) electrons. The van der Waals surface area contributed by atoms with Crippen LogP contribution in [0.25, 0.3) is 0 Å². The lowest BCUT2D eigenvalue weighted by atomic mass is 10.2. The Labute approximate surface area is 172 Å². The summed E-state index contributed by atoms with van der Waals surface area (Å²) in [7, 11) is -3.47. The Morgan fingerprint density at radius 1 is 1.27 bits per heavy atom. The second kappa shape index (κ2) is 7.82. The number of nitrogens with zero attached hydrogens (tertiary/aromatic N) is 2. The van der Waals surface area contributed by atoms with E-state index in [0.717, 1.165) is 5.56 Å². The second-order valence-electron chi connectivity index (χ2n) is 6.80. The molecule has 30 heavy (non-hydrogen) atoms. The fourth-order valence-corrected chi connectivity index (χ4v) is 3.96. The number of sulfonamides is 1. The summed E-state index contributed by atoms with van der Waals surface area (Å²) in [6, 6.07) is 5.34. The van der Waals surface area contributed by atoms with Crippen LogP contribution in [-0.2, 0) is 30.9 Å². The molecule has 0 saturated heterocycles. The van der Waals surface area contributed by atoms with Crippen LogP contribution in [-0.4, -0.2) is 56.2 Å². The lowest BCUT2D eigenvalue weighted by Crippen LogP contribution is -2.38. The van der Waals surface area contributed by atoms with Crippen LogP contribution in [0.3, 0.4) is 0 Å². The zero-order chi connectivity index (χ0) is 21.3. The van der Waals surface area contributed by atoms with Crippen LogP contribution in [0, 0.1) is 0 Å². The largest absolute Gasteiger partial charge is 0.454 e. The molecule has 0 spiro atoms. The maximum absolute atomic E-state index is 12.4. The van der Waals surface area contributed by atoms with Crippen molar-refractivity contribution in [1.82, 2.24) is 10.2 Å². The van der Waals surface area contributed by atoms with Gasteiger partial charge in [-0.2, -0.15) is 0 Å². The molecule has 0 aromatic heterocycles. The molecule has 3 aliphatic rings. The third-order valence-electron chi connectivity index (χ3n) is 4.62. The number of hydrogen-bond acceptors (Lipinski definition) is 8. The summed E-state index contributed by atoms with van der Waals surface area (Å²) in [5.74, 6) is 0.234. The van der Waals surface area contributed by atoms with Gasteiger partial charge < -0.3 is 24.4 Å². The van der Waals surface area contributed by atoms with Crippen molar-refractivity contribution < 1.29 is 32.2 Å². The molecule has 0 bridgehead atoms. The van der Waals surface area contributed by atoms with E-state index in [2.05, 4.69) is 9.71 Å². The third-order valence-corrected chi connectivity index (χ3v) is 5.78. The first kappa shape index (κ1) is 20.0. The van der Waals surface area contributed by atoms with Gasteiger partial charge in [-0.25, -0.2) is 13.2 Å². The van der Waals surface area contributed by atoms with Gasteiger partial charge in [-0.1, -0.05) is 6.07 Å². The Morgan fingerprint density at radius 2 is 2.07 bits per heavy atom. The first-order valence-corrected chi connectivity index (χ1v) is 10.8. The van der Waals surface area contributed by atoms with Gasteiger partial charge in [0, 0.05) is 19.3 Å². The summed E-state index contributed by atoms with van der Waals surface area (Å²) < 4.78 is 42.5. The molecule has 10 nitrogen and oxygen atoms in total. The third kappa shape index (κ3) is 4.30. The Kier molecular flexibility index (Phi) is 5.20. The van der Waals surface area contributed by atoms with E-state index >= 15 is 0 Å². The normalized spacial score (nSPS) is 19.3. The summed E-state index contributed by atoms with van der Waals surface area (Å²) in [5.41, 5.74) is 1.01. The Hall–Kier alpha value is -3.34. The summed E-state index contributed by atoms with van der Waals surface area (Å²) in [6.45, 7) is 2.07. The zero-order valence-electron chi connectivity index (χ0n) is 16.0. The maximum atomic E-state index is 12.4. The van der Waals surface area contributed by atoms with Crippen LogP contribution in [0.2, 0.25) is 0 Å².